The largest absolute Gasteiger partial charge is 0.481 e. The van der Waals surface area contributed by atoms with Crippen LogP contribution in [-0.4, -0.2) is 24.7 Å². The Morgan fingerprint density at radius 3 is 2.28 bits per heavy atom. The molecule has 0 atom stereocenters. The van der Waals surface area contributed by atoms with Crippen LogP contribution in [0.1, 0.15) is 41.4 Å². The SMILES string of the molecule is COc1ccc(N2CN(c3ccc(F)cc3C(C)C)c3cc(F)c(F)cc3C2=O)c(C)n1. The van der Waals surface area contributed by atoms with Gasteiger partial charge in [-0.15, -0.1) is 0 Å². The molecule has 1 aromatic heterocycles. The lowest BCUT2D eigenvalue weighted by atomic mass is 9.98. The third kappa shape index (κ3) is 3.66. The summed E-state index contributed by atoms with van der Waals surface area (Å²) in [6.07, 6.45) is 0. The number of hydrogen-bond donors (Lipinski definition) is 0. The Labute approximate surface area is 184 Å². The van der Waals surface area contributed by atoms with E-state index in [-0.39, 0.29) is 23.8 Å². The summed E-state index contributed by atoms with van der Waals surface area (Å²) in [7, 11) is 1.49. The van der Waals surface area contributed by atoms with E-state index in [1.54, 1.807) is 30.0 Å². The minimum absolute atomic E-state index is 0.00407. The van der Waals surface area contributed by atoms with Crippen LogP contribution in [0.5, 0.6) is 5.88 Å². The monoisotopic (exact) mass is 441 g/mol. The number of nitrogens with zero attached hydrogens (tertiary/aromatic N) is 3. The zero-order valence-corrected chi connectivity index (χ0v) is 18.1. The molecule has 32 heavy (non-hydrogen) atoms. The van der Waals surface area contributed by atoms with Crippen molar-refractivity contribution in [2.75, 3.05) is 23.6 Å². The van der Waals surface area contributed by atoms with Gasteiger partial charge in [0.25, 0.3) is 5.91 Å². The summed E-state index contributed by atoms with van der Waals surface area (Å²) in [6.45, 7) is 5.56. The predicted octanol–water partition coefficient (Wildman–Crippen LogP) is 5.70. The van der Waals surface area contributed by atoms with Crippen molar-refractivity contribution in [3.05, 3.63) is 76.7 Å². The quantitative estimate of drug-likeness (QED) is 0.521. The molecule has 0 saturated heterocycles. The fourth-order valence-electron chi connectivity index (χ4n) is 3.91. The van der Waals surface area contributed by atoms with Crippen LogP contribution in [0.25, 0.3) is 0 Å². The molecule has 1 amide bonds. The van der Waals surface area contributed by atoms with Gasteiger partial charge in [-0.25, -0.2) is 18.2 Å². The first kappa shape index (κ1) is 21.7. The molecule has 2 heterocycles. The second kappa shape index (κ2) is 8.18. The number of carbonyl (C=O) groups excluding carboxylic acids is 1. The van der Waals surface area contributed by atoms with Crippen molar-refractivity contribution in [2.24, 2.45) is 0 Å². The molecule has 0 N–H and O–H groups in total. The Morgan fingerprint density at radius 2 is 1.62 bits per heavy atom. The van der Waals surface area contributed by atoms with Crippen molar-refractivity contribution < 1.29 is 22.7 Å². The molecule has 0 radical (unpaired) electrons. The Morgan fingerprint density at radius 1 is 0.938 bits per heavy atom. The minimum Gasteiger partial charge on any atom is -0.481 e. The summed E-state index contributed by atoms with van der Waals surface area (Å²) in [6, 6.07) is 9.53. The molecule has 166 valence electrons. The maximum atomic E-state index is 14.2. The third-order valence-electron chi connectivity index (χ3n) is 5.52. The van der Waals surface area contributed by atoms with E-state index >= 15 is 0 Å². The summed E-state index contributed by atoms with van der Waals surface area (Å²) in [4.78, 5) is 20.8. The molecular weight excluding hydrogens is 419 g/mol. The van der Waals surface area contributed by atoms with Crippen LogP contribution >= 0.6 is 0 Å². The van der Waals surface area contributed by atoms with E-state index in [0.29, 0.717) is 28.5 Å². The number of hydrogen-bond acceptors (Lipinski definition) is 4. The van der Waals surface area contributed by atoms with Gasteiger partial charge in [0.2, 0.25) is 5.88 Å². The summed E-state index contributed by atoms with van der Waals surface area (Å²) in [5, 5.41) is 0. The van der Waals surface area contributed by atoms with Crippen LogP contribution in [-0.2, 0) is 0 Å². The zero-order valence-electron chi connectivity index (χ0n) is 18.1. The van der Waals surface area contributed by atoms with Gasteiger partial charge in [0, 0.05) is 17.8 Å². The number of halogens is 3. The lowest BCUT2D eigenvalue weighted by molar-refractivity contribution is 0.0982. The van der Waals surface area contributed by atoms with E-state index in [1.807, 2.05) is 13.8 Å². The summed E-state index contributed by atoms with van der Waals surface area (Å²) >= 11 is 0. The molecule has 0 saturated carbocycles. The minimum atomic E-state index is -1.12. The van der Waals surface area contributed by atoms with Crippen LogP contribution < -0.4 is 14.5 Å². The summed E-state index contributed by atoms with van der Waals surface area (Å²) in [5.41, 5.74) is 2.54. The van der Waals surface area contributed by atoms with Crippen LogP contribution in [0, 0.1) is 24.4 Å². The molecule has 5 nitrogen and oxygen atoms in total. The summed E-state index contributed by atoms with van der Waals surface area (Å²) < 4.78 is 47.5. The molecule has 0 fully saturated rings. The number of anilines is 3. The number of aryl methyl sites for hydroxylation is 1. The van der Waals surface area contributed by atoms with Crippen molar-refractivity contribution in [2.45, 2.75) is 26.7 Å². The predicted molar refractivity (Wildman–Crippen MR) is 116 cm³/mol. The first-order chi connectivity index (χ1) is 15.2. The fourth-order valence-corrected chi connectivity index (χ4v) is 3.91. The highest BCUT2D eigenvalue weighted by atomic mass is 19.2. The first-order valence-corrected chi connectivity index (χ1v) is 10.1. The van der Waals surface area contributed by atoms with Crippen molar-refractivity contribution >= 4 is 23.0 Å². The van der Waals surface area contributed by atoms with Gasteiger partial charge in [0.05, 0.1) is 29.7 Å². The number of fused-ring (bicyclic) bond motifs is 1. The van der Waals surface area contributed by atoms with Crippen molar-refractivity contribution in [3.63, 3.8) is 0 Å². The topological polar surface area (TPSA) is 45.7 Å². The summed E-state index contributed by atoms with van der Waals surface area (Å²) in [5.74, 6) is -2.73. The Balaban J connectivity index is 1.92. The third-order valence-corrected chi connectivity index (χ3v) is 5.52. The molecule has 1 aliphatic rings. The lowest BCUT2D eigenvalue weighted by Crippen LogP contribution is -2.45. The van der Waals surface area contributed by atoms with E-state index in [1.165, 1.54) is 24.1 Å². The van der Waals surface area contributed by atoms with E-state index in [2.05, 4.69) is 4.98 Å². The molecule has 1 aliphatic heterocycles. The average molecular weight is 441 g/mol. The molecule has 4 rings (SSSR count). The van der Waals surface area contributed by atoms with Gasteiger partial charge in [-0.2, -0.15) is 0 Å². The first-order valence-electron chi connectivity index (χ1n) is 10.1. The fraction of sp³-hybridized carbons (Fsp3) is 0.250. The van der Waals surface area contributed by atoms with Gasteiger partial charge in [-0.3, -0.25) is 9.69 Å². The van der Waals surface area contributed by atoms with E-state index in [0.717, 1.165) is 12.1 Å². The van der Waals surface area contributed by atoms with Gasteiger partial charge in [-0.1, -0.05) is 13.8 Å². The standard InChI is InChI=1S/C24H22F3N3O2/c1-13(2)16-9-15(25)5-6-21(16)29-12-30(20-7-8-23(32-4)28-14(20)3)24(31)17-10-18(26)19(27)11-22(17)29/h5-11,13H,12H2,1-4H3. The van der Waals surface area contributed by atoms with Crippen LogP contribution in [0.15, 0.2) is 42.5 Å². The Kier molecular flexibility index (Phi) is 5.54. The molecule has 8 heteroatoms. The highest BCUT2D eigenvalue weighted by Crippen LogP contribution is 2.40. The Hall–Kier alpha value is -3.55. The smallest absolute Gasteiger partial charge is 0.262 e. The van der Waals surface area contributed by atoms with Gasteiger partial charge >= 0.3 is 0 Å². The second-order valence-electron chi connectivity index (χ2n) is 7.90. The van der Waals surface area contributed by atoms with E-state index in [4.69, 9.17) is 4.74 Å². The Bertz CT molecular complexity index is 1210. The van der Waals surface area contributed by atoms with Crippen LogP contribution in [0.2, 0.25) is 0 Å². The van der Waals surface area contributed by atoms with Gasteiger partial charge in [0.15, 0.2) is 11.6 Å². The molecule has 0 bridgehead atoms. The molecule has 3 aromatic rings. The number of methoxy groups -OCH3 is 1. The number of carbonyl (C=O) groups is 1. The number of amides is 1. The highest BCUT2D eigenvalue weighted by molar-refractivity contribution is 6.12. The van der Waals surface area contributed by atoms with E-state index < -0.39 is 23.4 Å². The maximum Gasteiger partial charge on any atom is 0.262 e. The van der Waals surface area contributed by atoms with Gasteiger partial charge in [0.1, 0.15) is 12.5 Å². The lowest BCUT2D eigenvalue weighted by Gasteiger charge is -2.39. The van der Waals surface area contributed by atoms with Crippen LogP contribution in [0.4, 0.5) is 30.2 Å². The number of aromatic nitrogens is 1. The molecular formula is C24H22F3N3O2. The zero-order chi connectivity index (χ0) is 23.2. The normalized spacial score (nSPS) is 13.6. The number of pyridine rings is 1. The van der Waals surface area contributed by atoms with Gasteiger partial charge in [-0.05, 0) is 48.7 Å². The molecule has 0 spiro atoms. The average Bonchev–Trinajstić information content (AvgIpc) is 2.76. The van der Waals surface area contributed by atoms with Crippen molar-refractivity contribution in [3.8, 4) is 5.88 Å². The number of ether oxygens (including phenoxy) is 1. The number of benzene rings is 2. The molecule has 2 aromatic carbocycles. The number of rotatable bonds is 4. The maximum absolute atomic E-state index is 14.2. The van der Waals surface area contributed by atoms with E-state index in [9.17, 15) is 18.0 Å². The second-order valence-corrected chi connectivity index (χ2v) is 7.90. The molecule has 0 aliphatic carbocycles. The molecule has 0 unspecified atom stereocenters. The highest BCUT2D eigenvalue weighted by Gasteiger charge is 2.34. The van der Waals surface area contributed by atoms with Crippen molar-refractivity contribution in [1.82, 2.24) is 4.98 Å². The van der Waals surface area contributed by atoms with Crippen LogP contribution in [0.3, 0.4) is 0 Å². The van der Waals surface area contributed by atoms with Gasteiger partial charge < -0.3 is 9.64 Å². The van der Waals surface area contributed by atoms with Crippen molar-refractivity contribution in [1.29, 1.82) is 0 Å².